The van der Waals surface area contributed by atoms with Crippen LogP contribution in [0.15, 0.2) is 24.4 Å². The predicted molar refractivity (Wildman–Crippen MR) is 63.3 cm³/mol. The lowest BCUT2D eigenvalue weighted by Gasteiger charge is -2.03. The Bertz CT molecular complexity index is 512. The summed E-state index contributed by atoms with van der Waals surface area (Å²) in [5.41, 5.74) is 6.70. The summed E-state index contributed by atoms with van der Waals surface area (Å²) in [5, 5.41) is 7.95. The van der Waals surface area contributed by atoms with Crippen molar-refractivity contribution in [2.45, 2.75) is 13.0 Å². The average Bonchev–Trinajstić information content (AvgIpc) is 2.73. The quantitative estimate of drug-likeness (QED) is 0.902. The van der Waals surface area contributed by atoms with Gasteiger partial charge in [0.05, 0.1) is 17.3 Å². The average molecular weight is 255 g/mol. The summed E-state index contributed by atoms with van der Waals surface area (Å²) < 4.78 is 15.2. The topological polar surface area (TPSA) is 56.7 Å². The van der Waals surface area contributed by atoms with Crippen LogP contribution in [-0.4, -0.2) is 21.5 Å². The molecular formula is C11H12ClFN4. The Balaban J connectivity index is 2.16. The molecule has 1 aromatic carbocycles. The molecule has 4 nitrogen and oxygen atoms in total. The highest BCUT2D eigenvalue weighted by Crippen LogP contribution is 2.18. The van der Waals surface area contributed by atoms with E-state index in [0.717, 1.165) is 5.69 Å². The Morgan fingerprint density at radius 3 is 3.00 bits per heavy atom. The molecule has 90 valence electrons. The molecule has 0 radical (unpaired) electrons. The van der Waals surface area contributed by atoms with Gasteiger partial charge in [0.1, 0.15) is 5.82 Å². The highest BCUT2D eigenvalue weighted by atomic mass is 35.5. The SMILES string of the molecule is NCCc1cn(Cc2cccc(Cl)c2F)nn1. The first kappa shape index (κ1) is 12.0. The monoisotopic (exact) mass is 254 g/mol. The lowest BCUT2D eigenvalue weighted by atomic mass is 10.2. The summed E-state index contributed by atoms with van der Waals surface area (Å²) >= 11 is 5.70. The van der Waals surface area contributed by atoms with Crippen LogP contribution in [0.2, 0.25) is 5.02 Å². The van der Waals surface area contributed by atoms with Gasteiger partial charge in [0.25, 0.3) is 0 Å². The summed E-state index contributed by atoms with van der Waals surface area (Å²) in [5.74, 6) is -0.412. The number of rotatable bonds is 4. The maximum atomic E-state index is 13.6. The van der Waals surface area contributed by atoms with Crippen LogP contribution in [0, 0.1) is 5.82 Å². The molecule has 0 bridgehead atoms. The van der Waals surface area contributed by atoms with Crippen LogP contribution in [0.5, 0.6) is 0 Å². The Morgan fingerprint density at radius 1 is 1.41 bits per heavy atom. The first-order valence-corrected chi connectivity index (χ1v) is 5.60. The molecular weight excluding hydrogens is 243 g/mol. The van der Waals surface area contributed by atoms with Gasteiger partial charge >= 0.3 is 0 Å². The molecule has 2 aromatic rings. The van der Waals surface area contributed by atoms with Gasteiger partial charge in [-0.2, -0.15) is 0 Å². The van der Waals surface area contributed by atoms with Crippen molar-refractivity contribution in [1.29, 1.82) is 0 Å². The first-order chi connectivity index (χ1) is 8.20. The smallest absolute Gasteiger partial charge is 0.146 e. The number of nitrogens with zero attached hydrogens (tertiary/aromatic N) is 3. The second-order valence-corrected chi connectivity index (χ2v) is 4.07. The van der Waals surface area contributed by atoms with E-state index in [1.54, 1.807) is 23.0 Å². The lowest BCUT2D eigenvalue weighted by molar-refractivity contribution is 0.577. The normalized spacial score (nSPS) is 10.8. The number of aromatic nitrogens is 3. The van der Waals surface area contributed by atoms with E-state index in [-0.39, 0.29) is 5.02 Å². The third-order valence-electron chi connectivity index (χ3n) is 2.35. The third-order valence-corrected chi connectivity index (χ3v) is 2.64. The highest BCUT2D eigenvalue weighted by Gasteiger charge is 2.08. The van der Waals surface area contributed by atoms with E-state index in [1.807, 2.05) is 0 Å². The fourth-order valence-corrected chi connectivity index (χ4v) is 1.72. The molecule has 1 heterocycles. The fourth-order valence-electron chi connectivity index (χ4n) is 1.52. The molecule has 2 N–H and O–H groups in total. The van der Waals surface area contributed by atoms with E-state index in [2.05, 4.69) is 10.3 Å². The molecule has 0 atom stereocenters. The molecule has 0 aliphatic rings. The van der Waals surface area contributed by atoms with Crippen molar-refractivity contribution in [3.63, 3.8) is 0 Å². The molecule has 0 saturated heterocycles. The van der Waals surface area contributed by atoms with E-state index >= 15 is 0 Å². The van der Waals surface area contributed by atoms with Gasteiger partial charge in [-0.15, -0.1) is 5.10 Å². The van der Waals surface area contributed by atoms with Crippen molar-refractivity contribution in [2.75, 3.05) is 6.54 Å². The van der Waals surface area contributed by atoms with Crippen molar-refractivity contribution in [3.8, 4) is 0 Å². The number of halogens is 2. The zero-order valence-corrected chi connectivity index (χ0v) is 9.86. The van der Waals surface area contributed by atoms with Crippen molar-refractivity contribution in [3.05, 3.63) is 46.5 Å². The summed E-state index contributed by atoms with van der Waals surface area (Å²) in [4.78, 5) is 0. The van der Waals surface area contributed by atoms with Crippen LogP contribution in [-0.2, 0) is 13.0 Å². The van der Waals surface area contributed by atoms with Crippen LogP contribution in [0.1, 0.15) is 11.3 Å². The minimum Gasteiger partial charge on any atom is -0.330 e. The Hall–Kier alpha value is -1.46. The second-order valence-electron chi connectivity index (χ2n) is 3.66. The molecule has 0 aliphatic heterocycles. The minimum atomic E-state index is -0.412. The summed E-state index contributed by atoms with van der Waals surface area (Å²) in [6, 6.07) is 4.89. The third kappa shape index (κ3) is 2.81. The van der Waals surface area contributed by atoms with Gasteiger partial charge in [0.15, 0.2) is 0 Å². The van der Waals surface area contributed by atoms with Crippen LogP contribution >= 0.6 is 11.6 Å². The van der Waals surface area contributed by atoms with Crippen molar-refractivity contribution < 1.29 is 4.39 Å². The summed E-state index contributed by atoms with van der Waals surface area (Å²) in [6.45, 7) is 0.828. The van der Waals surface area contributed by atoms with E-state index in [1.165, 1.54) is 6.07 Å². The molecule has 2 rings (SSSR count). The zero-order valence-electron chi connectivity index (χ0n) is 9.11. The van der Waals surface area contributed by atoms with Crippen LogP contribution in [0.3, 0.4) is 0 Å². The molecule has 1 aromatic heterocycles. The Morgan fingerprint density at radius 2 is 2.24 bits per heavy atom. The standard InChI is InChI=1S/C11H12ClFN4/c12-10-3-1-2-8(11(10)13)6-17-7-9(4-5-14)15-16-17/h1-3,7H,4-6,14H2. The molecule has 0 unspecified atom stereocenters. The van der Waals surface area contributed by atoms with Gasteiger partial charge in [-0.25, -0.2) is 9.07 Å². The molecule has 17 heavy (non-hydrogen) atoms. The molecule has 6 heteroatoms. The van der Waals surface area contributed by atoms with E-state index in [9.17, 15) is 4.39 Å². The molecule has 0 amide bonds. The predicted octanol–water partition coefficient (Wildman–Crippen LogP) is 1.62. The van der Waals surface area contributed by atoms with Gasteiger partial charge in [-0.1, -0.05) is 28.9 Å². The largest absolute Gasteiger partial charge is 0.330 e. The van der Waals surface area contributed by atoms with Gasteiger partial charge in [0, 0.05) is 18.2 Å². The number of nitrogens with two attached hydrogens (primary N) is 1. The highest BCUT2D eigenvalue weighted by molar-refractivity contribution is 6.30. The molecule has 0 saturated carbocycles. The van der Waals surface area contributed by atoms with Crippen molar-refractivity contribution in [1.82, 2.24) is 15.0 Å². The molecule has 0 aliphatic carbocycles. The Kier molecular flexibility index (Phi) is 3.71. The van der Waals surface area contributed by atoms with Crippen LogP contribution in [0.4, 0.5) is 4.39 Å². The zero-order chi connectivity index (χ0) is 12.3. The van der Waals surface area contributed by atoms with E-state index < -0.39 is 5.82 Å². The summed E-state index contributed by atoms with van der Waals surface area (Å²) in [7, 11) is 0. The maximum Gasteiger partial charge on any atom is 0.146 e. The van der Waals surface area contributed by atoms with E-state index in [0.29, 0.717) is 25.1 Å². The molecule has 0 fully saturated rings. The second kappa shape index (κ2) is 5.25. The fraction of sp³-hybridized carbons (Fsp3) is 0.273. The van der Waals surface area contributed by atoms with Gasteiger partial charge in [-0.05, 0) is 12.6 Å². The van der Waals surface area contributed by atoms with Crippen LogP contribution < -0.4 is 5.73 Å². The lowest BCUT2D eigenvalue weighted by Crippen LogP contribution is -2.03. The van der Waals surface area contributed by atoms with Gasteiger partial charge < -0.3 is 5.73 Å². The number of benzene rings is 1. The van der Waals surface area contributed by atoms with Gasteiger partial charge in [-0.3, -0.25) is 0 Å². The van der Waals surface area contributed by atoms with Crippen molar-refractivity contribution >= 4 is 11.6 Å². The first-order valence-electron chi connectivity index (χ1n) is 5.22. The van der Waals surface area contributed by atoms with Crippen LogP contribution in [0.25, 0.3) is 0 Å². The maximum absolute atomic E-state index is 13.6. The summed E-state index contributed by atoms with van der Waals surface area (Å²) in [6.07, 6.45) is 2.42. The number of hydrogen-bond donors (Lipinski definition) is 1. The Labute approximate surface area is 103 Å². The molecule has 0 spiro atoms. The van der Waals surface area contributed by atoms with E-state index in [4.69, 9.17) is 17.3 Å². The minimum absolute atomic E-state index is 0.116. The van der Waals surface area contributed by atoms with Gasteiger partial charge in [0.2, 0.25) is 0 Å². The number of hydrogen-bond acceptors (Lipinski definition) is 3. The van der Waals surface area contributed by atoms with Crippen molar-refractivity contribution in [2.24, 2.45) is 5.73 Å².